The Kier molecular flexibility index (Phi) is 5.49. The van der Waals surface area contributed by atoms with Crippen molar-refractivity contribution in [3.63, 3.8) is 0 Å². The van der Waals surface area contributed by atoms with E-state index in [0.717, 1.165) is 38.6 Å². The SMILES string of the molecule is Cc1cccc(NC(=O)Cc2ccc(-c3csc(-c4ccncc4)n3)cc2)c1C. The molecule has 4 nitrogen and oxygen atoms in total. The summed E-state index contributed by atoms with van der Waals surface area (Å²) in [4.78, 5) is 21.2. The predicted molar refractivity (Wildman–Crippen MR) is 119 cm³/mol. The van der Waals surface area contributed by atoms with E-state index in [1.54, 1.807) is 23.7 Å². The quantitative estimate of drug-likeness (QED) is 0.470. The lowest BCUT2D eigenvalue weighted by Gasteiger charge is -2.10. The minimum absolute atomic E-state index is 0.0138. The Balaban J connectivity index is 1.44. The highest BCUT2D eigenvalue weighted by Crippen LogP contribution is 2.28. The average molecular weight is 400 g/mol. The Bertz CT molecular complexity index is 1130. The van der Waals surface area contributed by atoms with E-state index >= 15 is 0 Å². The van der Waals surface area contributed by atoms with Gasteiger partial charge in [0.1, 0.15) is 5.01 Å². The van der Waals surface area contributed by atoms with Crippen LogP contribution in [-0.2, 0) is 11.2 Å². The molecule has 29 heavy (non-hydrogen) atoms. The molecular formula is C24H21N3OS. The number of amides is 1. The van der Waals surface area contributed by atoms with Gasteiger partial charge in [-0.25, -0.2) is 4.98 Å². The monoisotopic (exact) mass is 399 g/mol. The van der Waals surface area contributed by atoms with Crippen molar-refractivity contribution < 1.29 is 4.79 Å². The predicted octanol–water partition coefficient (Wildman–Crippen LogP) is 5.67. The van der Waals surface area contributed by atoms with Crippen molar-refractivity contribution in [3.8, 4) is 21.8 Å². The smallest absolute Gasteiger partial charge is 0.228 e. The molecular weight excluding hydrogens is 378 g/mol. The highest BCUT2D eigenvalue weighted by Gasteiger charge is 2.09. The van der Waals surface area contributed by atoms with E-state index in [2.05, 4.69) is 15.7 Å². The van der Waals surface area contributed by atoms with Crippen molar-refractivity contribution in [2.75, 3.05) is 5.32 Å². The molecule has 4 aromatic rings. The lowest BCUT2D eigenvalue weighted by Crippen LogP contribution is -2.15. The summed E-state index contributed by atoms with van der Waals surface area (Å²) >= 11 is 1.61. The Morgan fingerprint density at radius 3 is 2.48 bits per heavy atom. The van der Waals surface area contributed by atoms with Crippen LogP contribution in [0.5, 0.6) is 0 Å². The molecule has 0 saturated carbocycles. The number of thiazole rings is 1. The van der Waals surface area contributed by atoms with Gasteiger partial charge in [-0.15, -0.1) is 11.3 Å². The van der Waals surface area contributed by atoms with Crippen LogP contribution in [0, 0.1) is 13.8 Å². The van der Waals surface area contributed by atoms with Gasteiger partial charge in [0.2, 0.25) is 5.91 Å². The van der Waals surface area contributed by atoms with Crippen molar-refractivity contribution in [1.29, 1.82) is 0 Å². The van der Waals surface area contributed by atoms with Crippen molar-refractivity contribution >= 4 is 22.9 Å². The number of hydrogen-bond acceptors (Lipinski definition) is 4. The fraction of sp³-hybridized carbons (Fsp3) is 0.125. The molecule has 144 valence electrons. The summed E-state index contributed by atoms with van der Waals surface area (Å²) in [7, 11) is 0. The summed E-state index contributed by atoms with van der Waals surface area (Å²) in [6.07, 6.45) is 3.88. The summed E-state index contributed by atoms with van der Waals surface area (Å²) in [5.41, 5.74) is 7.16. The van der Waals surface area contributed by atoms with E-state index in [4.69, 9.17) is 4.98 Å². The molecule has 0 unspecified atom stereocenters. The van der Waals surface area contributed by atoms with Crippen molar-refractivity contribution in [2.45, 2.75) is 20.3 Å². The number of nitrogens with one attached hydrogen (secondary N) is 1. The van der Waals surface area contributed by atoms with Gasteiger partial charge in [-0.2, -0.15) is 0 Å². The van der Waals surface area contributed by atoms with Crippen LogP contribution >= 0.6 is 11.3 Å². The number of benzene rings is 2. The number of aromatic nitrogens is 2. The lowest BCUT2D eigenvalue weighted by molar-refractivity contribution is -0.115. The molecule has 0 spiro atoms. The van der Waals surface area contributed by atoms with Crippen LogP contribution in [0.2, 0.25) is 0 Å². The van der Waals surface area contributed by atoms with Crippen LogP contribution in [0.3, 0.4) is 0 Å². The first-order valence-corrected chi connectivity index (χ1v) is 10.3. The number of hydrogen-bond donors (Lipinski definition) is 1. The van der Waals surface area contributed by atoms with Crippen molar-refractivity contribution in [3.05, 3.63) is 89.1 Å². The molecule has 4 rings (SSSR count). The fourth-order valence-corrected chi connectivity index (χ4v) is 3.93. The Hall–Kier alpha value is -3.31. The van der Waals surface area contributed by atoms with Crippen LogP contribution in [0.1, 0.15) is 16.7 Å². The first kappa shape index (κ1) is 19.0. The third-order valence-electron chi connectivity index (χ3n) is 4.92. The van der Waals surface area contributed by atoms with E-state index in [1.807, 2.05) is 68.4 Å². The van der Waals surface area contributed by atoms with E-state index in [0.29, 0.717) is 6.42 Å². The minimum Gasteiger partial charge on any atom is -0.326 e. The summed E-state index contributed by atoms with van der Waals surface area (Å²) in [5.74, 6) is -0.0138. The second-order valence-corrected chi connectivity index (χ2v) is 7.80. The number of carbonyl (C=O) groups excluding carboxylic acids is 1. The summed E-state index contributed by atoms with van der Waals surface area (Å²) < 4.78 is 0. The second-order valence-electron chi connectivity index (χ2n) is 6.94. The molecule has 0 radical (unpaired) electrons. The Labute approximate surface area is 174 Å². The number of aryl methyl sites for hydroxylation is 1. The number of rotatable bonds is 5. The third-order valence-corrected chi connectivity index (χ3v) is 5.82. The normalized spacial score (nSPS) is 10.7. The van der Waals surface area contributed by atoms with Gasteiger partial charge >= 0.3 is 0 Å². The zero-order valence-electron chi connectivity index (χ0n) is 16.3. The summed E-state index contributed by atoms with van der Waals surface area (Å²) in [5, 5.41) is 6.04. The molecule has 0 bridgehead atoms. The van der Waals surface area contributed by atoms with E-state index in [-0.39, 0.29) is 5.91 Å². The number of pyridine rings is 1. The molecule has 0 aliphatic carbocycles. The van der Waals surface area contributed by atoms with Gasteiger partial charge in [-0.05, 0) is 48.7 Å². The van der Waals surface area contributed by atoms with E-state index < -0.39 is 0 Å². The maximum absolute atomic E-state index is 12.4. The highest BCUT2D eigenvalue weighted by atomic mass is 32.1. The molecule has 1 N–H and O–H groups in total. The van der Waals surface area contributed by atoms with Crippen molar-refractivity contribution in [2.24, 2.45) is 0 Å². The third kappa shape index (κ3) is 4.41. The largest absolute Gasteiger partial charge is 0.326 e. The molecule has 0 fully saturated rings. The molecule has 0 aliphatic heterocycles. The topological polar surface area (TPSA) is 54.9 Å². The van der Waals surface area contributed by atoms with Crippen LogP contribution in [0.25, 0.3) is 21.8 Å². The number of anilines is 1. The van der Waals surface area contributed by atoms with Gasteiger partial charge in [0.15, 0.2) is 0 Å². The van der Waals surface area contributed by atoms with Gasteiger partial charge in [0.25, 0.3) is 0 Å². The van der Waals surface area contributed by atoms with E-state index in [9.17, 15) is 4.79 Å². The minimum atomic E-state index is -0.0138. The van der Waals surface area contributed by atoms with E-state index in [1.165, 1.54) is 5.56 Å². The Morgan fingerprint density at radius 2 is 1.72 bits per heavy atom. The maximum atomic E-state index is 12.4. The molecule has 2 heterocycles. The molecule has 2 aromatic carbocycles. The Morgan fingerprint density at radius 1 is 0.966 bits per heavy atom. The van der Waals surface area contributed by atoms with Gasteiger partial charge in [0.05, 0.1) is 12.1 Å². The molecule has 0 saturated heterocycles. The van der Waals surface area contributed by atoms with Gasteiger partial charge in [-0.1, -0.05) is 36.4 Å². The molecule has 0 atom stereocenters. The summed E-state index contributed by atoms with van der Waals surface area (Å²) in [6.45, 7) is 4.07. The lowest BCUT2D eigenvalue weighted by atomic mass is 10.1. The zero-order chi connectivity index (χ0) is 20.2. The molecule has 5 heteroatoms. The second kappa shape index (κ2) is 8.37. The van der Waals surface area contributed by atoms with Crippen LogP contribution in [0.4, 0.5) is 5.69 Å². The number of carbonyl (C=O) groups is 1. The van der Waals surface area contributed by atoms with Gasteiger partial charge < -0.3 is 5.32 Å². The molecule has 1 amide bonds. The highest BCUT2D eigenvalue weighted by molar-refractivity contribution is 7.13. The first-order valence-electron chi connectivity index (χ1n) is 9.41. The standard InChI is InChI=1S/C24H21N3OS/c1-16-4-3-5-21(17(16)2)26-23(28)14-18-6-8-19(9-7-18)22-15-29-24(27-22)20-10-12-25-13-11-20/h3-13,15H,14H2,1-2H3,(H,26,28). The van der Waals surface area contributed by atoms with Gasteiger partial charge in [0, 0.05) is 34.6 Å². The van der Waals surface area contributed by atoms with Gasteiger partial charge in [-0.3, -0.25) is 9.78 Å². The van der Waals surface area contributed by atoms with Crippen molar-refractivity contribution in [1.82, 2.24) is 9.97 Å². The maximum Gasteiger partial charge on any atom is 0.228 e. The summed E-state index contributed by atoms with van der Waals surface area (Å²) in [6, 6.07) is 17.9. The molecule has 0 aliphatic rings. The van der Waals surface area contributed by atoms with Crippen LogP contribution < -0.4 is 5.32 Å². The first-order chi connectivity index (χ1) is 14.1. The zero-order valence-corrected chi connectivity index (χ0v) is 17.2. The van der Waals surface area contributed by atoms with Crippen LogP contribution in [0.15, 0.2) is 72.4 Å². The number of nitrogens with zero attached hydrogens (tertiary/aromatic N) is 2. The average Bonchev–Trinajstić information content (AvgIpc) is 3.23. The molecule has 2 aromatic heterocycles. The fourth-order valence-electron chi connectivity index (χ4n) is 3.09. The van der Waals surface area contributed by atoms with Crippen LogP contribution in [-0.4, -0.2) is 15.9 Å².